The maximum atomic E-state index is 12.7. The zero-order chi connectivity index (χ0) is 18.2. The zero-order valence-electron chi connectivity index (χ0n) is 14.8. The van der Waals surface area contributed by atoms with Crippen molar-refractivity contribution in [1.82, 2.24) is 9.80 Å². The Bertz CT molecular complexity index is 678. The Morgan fingerprint density at radius 1 is 1.16 bits per heavy atom. The predicted molar refractivity (Wildman–Crippen MR) is 94.0 cm³/mol. The molecule has 2 heterocycles. The summed E-state index contributed by atoms with van der Waals surface area (Å²) < 4.78 is 11.1. The maximum Gasteiger partial charge on any atom is 0.410 e. The quantitative estimate of drug-likeness (QED) is 0.766. The van der Waals surface area contributed by atoms with E-state index in [-0.39, 0.29) is 12.0 Å². The third-order valence-corrected chi connectivity index (χ3v) is 4.45. The van der Waals surface area contributed by atoms with Gasteiger partial charge in [-0.05, 0) is 44.5 Å². The summed E-state index contributed by atoms with van der Waals surface area (Å²) in [7, 11) is 0. The first kappa shape index (κ1) is 17.9. The van der Waals surface area contributed by atoms with Gasteiger partial charge in [-0.25, -0.2) is 4.79 Å². The first-order valence-corrected chi connectivity index (χ1v) is 8.82. The minimum absolute atomic E-state index is 0.0452. The van der Waals surface area contributed by atoms with Gasteiger partial charge in [0.05, 0.1) is 0 Å². The van der Waals surface area contributed by atoms with E-state index in [0.717, 1.165) is 11.3 Å². The Hall–Kier alpha value is -1.95. The van der Waals surface area contributed by atoms with Crippen LogP contribution in [-0.2, 0) is 16.0 Å². The van der Waals surface area contributed by atoms with Crippen LogP contribution in [0.25, 0.3) is 0 Å². The SMILES string of the molecule is CC(C)(C)OC(=O)N1CCN(C(=O)[C@H]2Cc3cc(Cl)ccc3O2)CC1. The third kappa shape index (κ3) is 4.18. The van der Waals surface area contributed by atoms with E-state index in [1.165, 1.54) is 0 Å². The fourth-order valence-corrected chi connectivity index (χ4v) is 3.19. The van der Waals surface area contributed by atoms with Crippen LogP contribution in [0.1, 0.15) is 26.3 Å². The van der Waals surface area contributed by atoms with Crippen molar-refractivity contribution < 1.29 is 19.1 Å². The number of amides is 2. The molecule has 3 rings (SSSR count). The lowest BCUT2D eigenvalue weighted by molar-refractivity contribution is -0.139. The van der Waals surface area contributed by atoms with Gasteiger partial charge in [0.25, 0.3) is 5.91 Å². The molecule has 1 aromatic rings. The molecule has 2 amide bonds. The molecule has 6 nitrogen and oxygen atoms in total. The Morgan fingerprint density at radius 2 is 1.80 bits per heavy atom. The van der Waals surface area contributed by atoms with Gasteiger partial charge in [-0.15, -0.1) is 0 Å². The van der Waals surface area contributed by atoms with Crippen LogP contribution in [0, 0.1) is 0 Å². The van der Waals surface area contributed by atoms with Gasteiger partial charge in [0, 0.05) is 37.6 Å². The molecule has 25 heavy (non-hydrogen) atoms. The molecule has 7 heteroatoms. The van der Waals surface area contributed by atoms with Gasteiger partial charge in [-0.1, -0.05) is 11.6 Å². The molecular weight excluding hydrogens is 344 g/mol. The molecule has 0 radical (unpaired) electrons. The molecule has 2 aliphatic rings. The van der Waals surface area contributed by atoms with Crippen molar-refractivity contribution >= 4 is 23.6 Å². The fraction of sp³-hybridized carbons (Fsp3) is 0.556. The van der Waals surface area contributed by atoms with Gasteiger partial charge in [-0.3, -0.25) is 4.79 Å². The highest BCUT2D eigenvalue weighted by Gasteiger charge is 2.35. The Kier molecular flexibility index (Phi) is 4.82. The van der Waals surface area contributed by atoms with Crippen molar-refractivity contribution in [3.8, 4) is 5.75 Å². The number of hydrogen-bond acceptors (Lipinski definition) is 4. The summed E-state index contributed by atoms with van der Waals surface area (Å²) in [5.41, 5.74) is 0.438. The van der Waals surface area contributed by atoms with Crippen molar-refractivity contribution in [2.45, 2.75) is 38.9 Å². The van der Waals surface area contributed by atoms with Crippen LogP contribution in [0.5, 0.6) is 5.75 Å². The number of benzene rings is 1. The van der Waals surface area contributed by atoms with Gasteiger partial charge in [-0.2, -0.15) is 0 Å². The average Bonchev–Trinajstić information content (AvgIpc) is 2.95. The lowest BCUT2D eigenvalue weighted by Gasteiger charge is -2.36. The molecule has 0 bridgehead atoms. The van der Waals surface area contributed by atoms with Crippen LogP contribution < -0.4 is 4.74 Å². The monoisotopic (exact) mass is 366 g/mol. The number of hydrogen-bond donors (Lipinski definition) is 0. The van der Waals surface area contributed by atoms with E-state index in [1.54, 1.807) is 21.9 Å². The number of rotatable bonds is 1. The van der Waals surface area contributed by atoms with Crippen molar-refractivity contribution in [3.63, 3.8) is 0 Å². The van der Waals surface area contributed by atoms with Crippen LogP contribution in [0.2, 0.25) is 5.02 Å². The van der Waals surface area contributed by atoms with Crippen LogP contribution in [0.3, 0.4) is 0 Å². The van der Waals surface area contributed by atoms with Gasteiger partial charge >= 0.3 is 6.09 Å². The van der Waals surface area contributed by atoms with Crippen molar-refractivity contribution in [2.24, 2.45) is 0 Å². The average molecular weight is 367 g/mol. The number of halogens is 1. The molecule has 0 aromatic heterocycles. The molecule has 2 aliphatic heterocycles. The van der Waals surface area contributed by atoms with Gasteiger partial charge < -0.3 is 19.3 Å². The van der Waals surface area contributed by atoms with Crippen LogP contribution in [-0.4, -0.2) is 59.7 Å². The smallest absolute Gasteiger partial charge is 0.410 e. The molecule has 1 saturated heterocycles. The third-order valence-electron chi connectivity index (χ3n) is 4.22. The summed E-state index contributed by atoms with van der Waals surface area (Å²) in [5, 5.41) is 0.640. The summed E-state index contributed by atoms with van der Waals surface area (Å²) in [6.45, 7) is 7.41. The van der Waals surface area contributed by atoms with E-state index in [2.05, 4.69) is 0 Å². The second-order valence-electron chi connectivity index (χ2n) is 7.36. The molecule has 0 N–H and O–H groups in total. The Morgan fingerprint density at radius 3 is 2.44 bits per heavy atom. The molecule has 0 unspecified atom stereocenters. The minimum atomic E-state index is -0.519. The predicted octanol–water partition coefficient (Wildman–Crippen LogP) is 2.72. The molecular formula is C18H23ClN2O4. The highest BCUT2D eigenvalue weighted by atomic mass is 35.5. The van der Waals surface area contributed by atoms with E-state index >= 15 is 0 Å². The highest BCUT2D eigenvalue weighted by molar-refractivity contribution is 6.30. The number of piperazine rings is 1. The molecule has 0 spiro atoms. The van der Waals surface area contributed by atoms with E-state index < -0.39 is 11.7 Å². The lowest BCUT2D eigenvalue weighted by Crippen LogP contribution is -2.54. The largest absolute Gasteiger partial charge is 0.480 e. The standard InChI is InChI=1S/C18H23ClN2O4/c1-18(2,3)25-17(23)21-8-6-20(7-9-21)16(22)15-11-12-10-13(19)4-5-14(12)24-15/h4-5,10,15H,6-9,11H2,1-3H3/t15-/m1/s1. The molecule has 1 atom stereocenters. The normalized spacial score (nSPS) is 20.1. The number of carbonyl (C=O) groups excluding carboxylic acids is 2. The first-order chi connectivity index (χ1) is 11.7. The highest BCUT2D eigenvalue weighted by Crippen LogP contribution is 2.31. The molecule has 1 aromatic carbocycles. The number of carbonyl (C=O) groups is 2. The number of ether oxygens (including phenoxy) is 2. The first-order valence-electron chi connectivity index (χ1n) is 8.45. The van der Waals surface area contributed by atoms with E-state index in [9.17, 15) is 9.59 Å². The summed E-state index contributed by atoms with van der Waals surface area (Å²) in [5.74, 6) is 0.673. The topological polar surface area (TPSA) is 59.1 Å². The van der Waals surface area contributed by atoms with Crippen LogP contribution in [0.15, 0.2) is 18.2 Å². The van der Waals surface area contributed by atoms with E-state index in [4.69, 9.17) is 21.1 Å². The minimum Gasteiger partial charge on any atom is -0.480 e. The number of nitrogens with zero attached hydrogens (tertiary/aromatic N) is 2. The van der Waals surface area contributed by atoms with Crippen molar-refractivity contribution in [2.75, 3.05) is 26.2 Å². The molecule has 136 valence electrons. The van der Waals surface area contributed by atoms with E-state index in [1.807, 2.05) is 26.8 Å². The second kappa shape index (κ2) is 6.75. The van der Waals surface area contributed by atoms with Crippen LogP contribution >= 0.6 is 11.6 Å². The van der Waals surface area contributed by atoms with Gasteiger partial charge in [0.2, 0.25) is 0 Å². The zero-order valence-corrected chi connectivity index (χ0v) is 15.5. The summed E-state index contributed by atoms with van der Waals surface area (Å²) in [6, 6.07) is 5.39. The van der Waals surface area contributed by atoms with Gasteiger partial charge in [0.15, 0.2) is 6.10 Å². The lowest BCUT2D eigenvalue weighted by atomic mass is 10.1. The summed E-state index contributed by atoms with van der Waals surface area (Å²) in [4.78, 5) is 28.2. The molecule has 1 fully saturated rings. The Labute approximate surface area is 152 Å². The van der Waals surface area contributed by atoms with Crippen LogP contribution in [0.4, 0.5) is 4.79 Å². The summed E-state index contributed by atoms with van der Waals surface area (Å²) in [6.07, 6.45) is -0.318. The van der Waals surface area contributed by atoms with Crippen molar-refractivity contribution in [3.05, 3.63) is 28.8 Å². The summed E-state index contributed by atoms with van der Waals surface area (Å²) >= 11 is 5.99. The second-order valence-corrected chi connectivity index (χ2v) is 7.79. The molecule has 0 aliphatic carbocycles. The fourth-order valence-electron chi connectivity index (χ4n) is 2.99. The number of fused-ring (bicyclic) bond motifs is 1. The van der Waals surface area contributed by atoms with E-state index in [0.29, 0.717) is 37.6 Å². The van der Waals surface area contributed by atoms with Gasteiger partial charge in [0.1, 0.15) is 11.4 Å². The molecule has 0 saturated carbocycles. The maximum absolute atomic E-state index is 12.7. The van der Waals surface area contributed by atoms with Crippen molar-refractivity contribution in [1.29, 1.82) is 0 Å². The Balaban J connectivity index is 1.54.